The fraction of sp³-hybridized carbons (Fsp3) is 0.742. The lowest BCUT2D eigenvalue weighted by molar-refractivity contribution is -0.210. The van der Waals surface area contributed by atoms with Crippen LogP contribution in [0.15, 0.2) is 23.3 Å². The molecule has 1 rings (SSSR count). The average Bonchev–Trinajstić information content (AvgIpc) is 2.95. The molecule has 0 aliphatic rings. The predicted octanol–water partition coefficient (Wildman–Crippen LogP) is 5.76. The van der Waals surface area contributed by atoms with Crippen molar-refractivity contribution in [2.24, 2.45) is 5.11 Å². The summed E-state index contributed by atoms with van der Waals surface area (Å²) < 4.78 is 6.25. The number of unbranched alkanes of at least 4 members (excludes halogenated alkanes) is 4. The average molecular weight is 547 g/mol. The molecule has 0 spiro atoms. The lowest BCUT2D eigenvalue weighted by Gasteiger charge is -2.31. The summed E-state index contributed by atoms with van der Waals surface area (Å²) in [7, 11) is 0. The lowest BCUT2D eigenvalue weighted by Crippen LogP contribution is -2.46. The van der Waals surface area contributed by atoms with Crippen molar-refractivity contribution in [1.29, 1.82) is 0 Å². The highest BCUT2D eigenvalue weighted by Gasteiger charge is 2.24. The summed E-state index contributed by atoms with van der Waals surface area (Å²) in [5.74, 6) is 0.679. The summed E-state index contributed by atoms with van der Waals surface area (Å²) in [5, 5.41) is 3.91. The van der Waals surface area contributed by atoms with Gasteiger partial charge in [-0.05, 0) is 55.8 Å². The van der Waals surface area contributed by atoms with Gasteiger partial charge in [0.15, 0.2) is 11.4 Å². The molecule has 0 radical (unpaired) electrons. The Kier molecular flexibility index (Phi) is 17.9. The SMILES string of the molecule is CCCCN(CCCC)C(=O)CN(CC(=O)N(CCCC)CCCC)c1ccc(N=[NH2+])c(OC(CC)CC)c1. The largest absolute Gasteiger partial charge is 0.488 e. The molecule has 2 N–H and O–H groups in total. The molecule has 0 fully saturated rings. The van der Waals surface area contributed by atoms with Gasteiger partial charge in [-0.1, -0.05) is 67.2 Å². The highest BCUT2D eigenvalue weighted by Crippen LogP contribution is 2.33. The Balaban J connectivity index is 3.37. The Labute approximate surface area is 238 Å². The molecule has 0 aliphatic carbocycles. The van der Waals surface area contributed by atoms with Crippen LogP contribution in [-0.2, 0) is 9.59 Å². The topological polar surface area (TPSA) is 91.0 Å². The quantitative estimate of drug-likeness (QED) is 0.187. The third kappa shape index (κ3) is 12.4. The van der Waals surface area contributed by atoms with Gasteiger partial charge < -0.3 is 19.4 Å². The molecule has 0 atom stereocenters. The van der Waals surface area contributed by atoms with Gasteiger partial charge in [-0.25, -0.2) is 0 Å². The molecule has 0 unspecified atom stereocenters. The molecule has 8 heteroatoms. The Morgan fingerprint density at radius 3 is 1.56 bits per heavy atom. The predicted molar refractivity (Wildman–Crippen MR) is 160 cm³/mol. The number of benzene rings is 1. The number of ether oxygens (including phenoxy) is 1. The summed E-state index contributed by atoms with van der Waals surface area (Å²) >= 11 is 0. The highest BCUT2D eigenvalue weighted by molar-refractivity contribution is 5.87. The van der Waals surface area contributed by atoms with Crippen LogP contribution in [0.25, 0.3) is 0 Å². The Bertz CT molecular complexity index is 794. The first-order chi connectivity index (χ1) is 18.9. The third-order valence-corrected chi connectivity index (χ3v) is 7.14. The van der Waals surface area contributed by atoms with Crippen molar-refractivity contribution in [1.82, 2.24) is 9.80 Å². The summed E-state index contributed by atoms with van der Waals surface area (Å²) in [6.45, 7) is 16.0. The van der Waals surface area contributed by atoms with Crippen LogP contribution in [0.4, 0.5) is 11.4 Å². The normalized spacial score (nSPS) is 10.9. The molecule has 0 aliphatic heterocycles. The van der Waals surface area contributed by atoms with Crippen LogP contribution in [0.5, 0.6) is 5.75 Å². The van der Waals surface area contributed by atoms with Gasteiger partial charge in [0.05, 0.1) is 19.2 Å². The van der Waals surface area contributed by atoms with Crippen LogP contribution in [0, 0.1) is 0 Å². The molecule has 2 amide bonds. The minimum Gasteiger partial charge on any atom is -0.488 e. The number of nitrogens with two attached hydrogens (primary N) is 1. The second-order valence-electron chi connectivity index (χ2n) is 10.4. The molecule has 0 bridgehead atoms. The maximum absolute atomic E-state index is 13.6. The van der Waals surface area contributed by atoms with Gasteiger partial charge in [-0.3, -0.25) is 9.59 Å². The van der Waals surface area contributed by atoms with Crippen molar-refractivity contribution < 1.29 is 19.9 Å². The first kappa shape index (κ1) is 34.4. The highest BCUT2D eigenvalue weighted by atomic mass is 16.5. The molecule has 0 saturated heterocycles. The van der Waals surface area contributed by atoms with Crippen LogP contribution < -0.4 is 15.2 Å². The number of amides is 2. The summed E-state index contributed by atoms with van der Waals surface area (Å²) in [5.41, 5.74) is 7.00. The zero-order valence-corrected chi connectivity index (χ0v) is 25.7. The van der Waals surface area contributed by atoms with E-state index in [1.54, 1.807) is 0 Å². The Hall–Kier alpha value is -2.64. The number of nitrogens with zero attached hydrogens (tertiary/aromatic N) is 4. The van der Waals surface area contributed by atoms with Crippen molar-refractivity contribution in [3.63, 3.8) is 0 Å². The van der Waals surface area contributed by atoms with E-state index in [4.69, 9.17) is 10.3 Å². The van der Waals surface area contributed by atoms with Crippen LogP contribution >= 0.6 is 0 Å². The smallest absolute Gasteiger partial charge is 0.242 e. The molecule has 222 valence electrons. The van der Waals surface area contributed by atoms with Crippen LogP contribution in [0.1, 0.15) is 106 Å². The Morgan fingerprint density at radius 1 is 0.769 bits per heavy atom. The zero-order valence-electron chi connectivity index (χ0n) is 25.7. The standard InChI is InChI=1S/C31H55N5O3/c1-7-13-19-34(20-14-8-2)30(37)24-36(25-31(38)35(21-15-9-3)22-16-10-4)26-17-18-28(33-32)29(23-26)39-27(11-5)12-6/h17-18,23,27,32H,7-16,19-22,24-25H2,1-6H3/p+1. The van der Waals surface area contributed by atoms with Gasteiger partial charge in [0, 0.05) is 37.9 Å². The molecule has 1 aromatic carbocycles. The van der Waals surface area contributed by atoms with Gasteiger partial charge in [0.25, 0.3) is 0 Å². The minimum atomic E-state index is 0.0367. The second-order valence-corrected chi connectivity index (χ2v) is 10.4. The fourth-order valence-corrected chi connectivity index (χ4v) is 4.42. The summed E-state index contributed by atoms with van der Waals surface area (Å²) in [6.07, 6.45) is 9.75. The third-order valence-electron chi connectivity index (χ3n) is 7.14. The van der Waals surface area contributed by atoms with Crippen LogP contribution in [-0.4, -0.2) is 67.0 Å². The fourth-order valence-electron chi connectivity index (χ4n) is 4.42. The molecule has 8 nitrogen and oxygen atoms in total. The van der Waals surface area contributed by atoms with Gasteiger partial charge in [0.2, 0.25) is 11.8 Å². The van der Waals surface area contributed by atoms with E-state index in [2.05, 4.69) is 46.7 Å². The van der Waals surface area contributed by atoms with Crippen LogP contribution in [0.3, 0.4) is 0 Å². The van der Waals surface area contributed by atoms with Crippen molar-refractivity contribution in [3.05, 3.63) is 18.2 Å². The van der Waals surface area contributed by atoms with E-state index in [1.807, 2.05) is 32.9 Å². The number of hydrogen-bond acceptors (Lipinski definition) is 5. The maximum Gasteiger partial charge on any atom is 0.242 e. The van der Waals surface area contributed by atoms with Crippen molar-refractivity contribution in [2.75, 3.05) is 44.2 Å². The Morgan fingerprint density at radius 2 is 1.21 bits per heavy atom. The van der Waals surface area contributed by atoms with E-state index < -0.39 is 0 Å². The van der Waals surface area contributed by atoms with Crippen molar-refractivity contribution >= 4 is 23.2 Å². The number of carbonyl (C=O) groups excluding carboxylic acids is 2. The van der Waals surface area contributed by atoms with E-state index in [1.165, 1.54) is 0 Å². The molecular formula is C31H56N5O3+. The summed E-state index contributed by atoms with van der Waals surface area (Å²) in [4.78, 5) is 33.0. The molecule has 39 heavy (non-hydrogen) atoms. The lowest BCUT2D eigenvalue weighted by atomic mass is 10.2. The van der Waals surface area contributed by atoms with E-state index in [0.717, 1.165) is 96.1 Å². The van der Waals surface area contributed by atoms with E-state index in [0.29, 0.717) is 11.4 Å². The van der Waals surface area contributed by atoms with E-state index >= 15 is 0 Å². The summed E-state index contributed by atoms with van der Waals surface area (Å²) in [6, 6.07) is 5.58. The van der Waals surface area contributed by atoms with E-state index in [-0.39, 0.29) is 31.0 Å². The molecular weight excluding hydrogens is 490 g/mol. The first-order valence-electron chi connectivity index (χ1n) is 15.4. The maximum atomic E-state index is 13.6. The molecule has 0 aromatic heterocycles. The number of anilines is 1. The molecule has 1 aromatic rings. The number of hydrogen-bond donors (Lipinski definition) is 1. The van der Waals surface area contributed by atoms with Gasteiger partial charge in [-0.15, -0.1) is 0 Å². The number of carbonyl (C=O) groups is 2. The second kappa shape index (κ2) is 20.3. The monoisotopic (exact) mass is 546 g/mol. The van der Waals surface area contributed by atoms with Crippen LogP contribution in [0.2, 0.25) is 0 Å². The van der Waals surface area contributed by atoms with Gasteiger partial charge >= 0.3 is 0 Å². The minimum absolute atomic E-state index is 0.0367. The molecule has 0 heterocycles. The number of rotatable bonds is 22. The van der Waals surface area contributed by atoms with Gasteiger partial charge in [0.1, 0.15) is 0 Å². The van der Waals surface area contributed by atoms with E-state index in [9.17, 15) is 9.59 Å². The van der Waals surface area contributed by atoms with Crippen molar-refractivity contribution in [3.8, 4) is 5.75 Å². The molecule has 0 saturated carbocycles. The first-order valence-corrected chi connectivity index (χ1v) is 15.4. The zero-order chi connectivity index (χ0) is 29.0. The van der Waals surface area contributed by atoms with Crippen molar-refractivity contribution in [2.45, 2.75) is 112 Å². The van der Waals surface area contributed by atoms with Gasteiger partial charge in [-0.2, -0.15) is 5.53 Å².